The number of carbonyl (C=O) groups is 1. The topological polar surface area (TPSA) is 39.1 Å². The molecule has 0 spiro atoms. The third-order valence-corrected chi connectivity index (χ3v) is 2.46. The Kier molecular flexibility index (Phi) is 2.88. The second-order valence-corrected chi connectivity index (χ2v) is 3.67. The van der Waals surface area contributed by atoms with Crippen molar-refractivity contribution in [3.05, 3.63) is 63.5 Å². The van der Waals surface area contributed by atoms with Gasteiger partial charge < -0.3 is 0 Å². The van der Waals surface area contributed by atoms with E-state index in [-0.39, 0.29) is 11.1 Å². The van der Waals surface area contributed by atoms with Crippen molar-refractivity contribution in [2.45, 2.75) is 0 Å². The summed E-state index contributed by atoms with van der Waals surface area (Å²) in [5.41, 5.74) is 0.482. The first-order valence-electron chi connectivity index (χ1n) is 4.65. The van der Waals surface area contributed by atoms with Crippen molar-refractivity contribution in [1.82, 2.24) is 4.57 Å². The van der Waals surface area contributed by atoms with Gasteiger partial charge >= 0.3 is 0 Å². The molecule has 1 aromatic carbocycles. The number of carbonyl (C=O) groups excluding carboxylic acids is 1. The molecule has 0 saturated carbocycles. The SMILES string of the molecule is O=Cc1cccn(-c2ccc(Cl)cc2)c1=O. The van der Waals surface area contributed by atoms with Crippen LogP contribution in [0.1, 0.15) is 10.4 Å². The molecule has 0 amide bonds. The van der Waals surface area contributed by atoms with Gasteiger partial charge in [-0.05, 0) is 36.4 Å². The summed E-state index contributed by atoms with van der Waals surface area (Å²) in [5, 5.41) is 0.600. The zero-order valence-corrected chi connectivity index (χ0v) is 9.02. The van der Waals surface area contributed by atoms with E-state index < -0.39 is 0 Å². The van der Waals surface area contributed by atoms with Gasteiger partial charge in [0, 0.05) is 16.9 Å². The van der Waals surface area contributed by atoms with Crippen LogP contribution in [0.2, 0.25) is 5.02 Å². The van der Waals surface area contributed by atoms with Crippen molar-refractivity contribution in [2.75, 3.05) is 0 Å². The molecule has 0 fully saturated rings. The number of halogens is 1. The average Bonchev–Trinajstić information content (AvgIpc) is 2.31. The summed E-state index contributed by atoms with van der Waals surface area (Å²) in [7, 11) is 0. The Balaban J connectivity index is 2.60. The Morgan fingerprint density at radius 1 is 1.12 bits per heavy atom. The van der Waals surface area contributed by atoms with Crippen LogP contribution in [-0.4, -0.2) is 10.9 Å². The molecule has 0 aliphatic rings. The summed E-state index contributed by atoms with van der Waals surface area (Å²) in [5.74, 6) is 0. The highest BCUT2D eigenvalue weighted by molar-refractivity contribution is 6.30. The lowest BCUT2D eigenvalue weighted by atomic mass is 10.2. The van der Waals surface area contributed by atoms with Crippen LogP contribution in [0.3, 0.4) is 0 Å². The van der Waals surface area contributed by atoms with E-state index in [0.717, 1.165) is 0 Å². The van der Waals surface area contributed by atoms with Gasteiger partial charge in [-0.1, -0.05) is 11.6 Å². The predicted molar refractivity (Wildman–Crippen MR) is 62.4 cm³/mol. The zero-order valence-electron chi connectivity index (χ0n) is 8.26. The van der Waals surface area contributed by atoms with E-state index in [9.17, 15) is 9.59 Å². The largest absolute Gasteiger partial charge is 0.298 e. The molecule has 0 radical (unpaired) electrons. The number of nitrogens with zero attached hydrogens (tertiary/aromatic N) is 1. The fourth-order valence-electron chi connectivity index (χ4n) is 1.41. The van der Waals surface area contributed by atoms with Crippen molar-refractivity contribution in [1.29, 1.82) is 0 Å². The van der Waals surface area contributed by atoms with E-state index in [0.29, 0.717) is 17.0 Å². The highest BCUT2D eigenvalue weighted by atomic mass is 35.5. The Morgan fingerprint density at radius 2 is 1.81 bits per heavy atom. The normalized spacial score (nSPS) is 10.1. The number of pyridine rings is 1. The molecule has 0 bridgehead atoms. The lowest BCUT2D eigenvalue weighted by Crippen LogP contribution is -2.20. The highest BCUT2D eigenvalue weighted by Gasteiger charge is 2.03. The third-order valence-electron chi connectivity index (χ3n) is 2.21. The molecule has 3 nitrogen and oxygen atoms in total. The van der Waals surface area contributed by atoms with Crippen molar-refractivity contribution in [2.24, 2.45) is 0 Å². The van der Waals surface area contributed by atoms with Gasteiger partial charge in [-0.2, -0.15) is 0 Å². The van der Waals surface area contributed by atoms with Crippen LogP contribution in [0.5, 0.6) is 0 Å². The van der Waals surface area contributed by atoms with Crippen molar-refractivity contribution in [3.63, 3.8) is 0 Å². The maximum absolute atomic E-state index is 11.8. The molecule has 0 aliphatic heterocycles. The molecule has 0 unspecified atom stereocenters. The van der Waals surface area contributed by atoms with Crippen LogP contribution in [0, 0.1) is 0 Å². The quantitative estimate of drug-likeness (QED) is 0.747. The summed E-state index contributed by atoms with van der Waals surface area (Å²) in [6, 6.07) is 9.96. The van der Waals surface area contributed by atoms with Crippen LogP contribution in [0.4, 0.5) is 0 Å². The van der Waals surface area contributed by atoms with Gasteiger partial charge in [-0.3, -0.25) is 14.2 Å². The number of rotatable bonds is 2. The van der Waals surface area contributed by atoms with E-state index in [4.69, 9.17) is 11.6 Å². The van der Waals surface area contributed by atoms with Crippen LogP contribution in [0.15, 0.2) is 47.4 Å². The van der Waals surface area contributed by atoms with Crippen molar-refractivity contribution < 1.29 is 4.79 Å². The molecule has 2 rings (SSSR count). The standard InChI is InChI=1S/C12H8ClNO2/c13-10-3-5-11(6-4-10)14-7-1-2-9(8-15)12(14)16/h1-8H. The number of hydrogen-bond donors (Lipinski definition) is 0. The molecule has 0 saturated heterocycles. The Labute approximate surface area is 96.9 Å². The second-order valence-electron chi connectivity index (χ2n) is 3.23. The van der Waals surface area contributed by atoms with E-state index in [1.807, 2.05) is 0 Å². The smallest absolute Gasteiger partial charge is 0.265 e. The maximum atomic E-state index is 11.8. The summed E-state index contributed by atoms with van der Waals surface area (Å²) in [4.78, 5) is 22.4. The molecule has 1 aromatic heterocycles. The van der Waals surface area contributed by atoms with Crippen molar-refractivity contribution in [3.8, 4) is 5.69 Å². The van der Waals surface area contributed by atoms with E-state index in [1.165, 1.54) is 10.6 Å². The molecule has 4 heteroatoms. The lowest BCUT2D eigenvalue weighted by Gasteiger charge is -2.05. The van der Waals surface area contributed by atoms with Crippen LogP contribution in [0.25, 0.3) is 5.69 Å². The number of benzene rings is 1. The second kappa shape index (κ2) is 4.33. The van der Waals surface area contributed by atoms with Gasteiger partial charge in [-0.25, -0.2) is 0 Å². The Bertz CT molecular complexity index is 572. The molecule has 80 valence electrons. The lowest BCUT2D eigenvalue weighted by molar-refractivity contribution is 0.112. The summed E-state index contributed by atoms with van der Waals surface area (Å²) < 4.78 is 1.40. The summed E-state index contributed by atoms with van der Waals surface area (Å²) >= 11 is 5.75. The zero-order chi connectivity index (χ0) is 11.5. The van der Waals surface area contributed by atoms with Gasteiger partial charge in [0.1, 0.15) is 0 Å². The first-order valence-corrected chi connectivity index (χ1v) is 5.03. The Hall–Kier alpha value is -1.87. The fraction of sp³-hybridized carbons (Fsp3) is 0. The molecule has 0 N–H and O–H groups in total. The molecule has 0 atom stereocenters. The van der Waals surface area contributed by atoms with Gasteiger partial charge in [0.2, 0.25) is 0 Å². The number of aromatic nitrogens is 1. The fourth-order valence-corrected chi connectivity index (χ4v) is 1.53. The van der Waals surface area contributed by atoms with E-state index in [1.54, 1.807) is 36.5 Å². The highest BCUT2D eigenvalue weighted by Crippen LogP contribution is 2.11. The van der Waals surface area contributed by atoms with Gasteiger partial charge in [0.25, 0.3) is 5.56 Å². The van der Waals surface area contributed by atoms with E-state index in [2.05, 4.69) is 0 Å². The van der Waals surface area contributed by atoms with Crippen LogP contribution in [-0.2, 0) is 0 Å². The maximum Gasteiger partial charge on any atom is 0.265 e. The summed E-state index contributed by atoms with van der Waals surface area (Å²) in [6.07, 6.45) is 2.16. The molecule has 16 heavy (non-hydrogen) atoms. The molecular formula is C12H8ClNO2. The van der Waals surface area contributed by atoms with Gasteiger partial charge in [0.15, 0.2) is 6.29 Å². The van der Waals surface area contributed by atoms with Gasteiger partial charge in [0.05, 0.1) is 5.56 Å². The molecule has 1 heterocycles. The van der Waals surface area contributed by atoms with Crippen LogP contribution >= 0.6 is 11.6 Å². The molecule has 2 aromatic rings. The first-order chi connectivity index (χ1) is 7.72. The molecule has 0 aliphatic carbocycles. The third kappa shape index (κ3) is 1.90. The molecular weight excluding hydrogens is 226 g/mol. The monoisotopic (exact) mass is 233 g/mol. The van der Waals surface area contributed by atoms with Crippen LogP contribution < -0.4 is 5.56 Å². The Morgan fingerprint density at radius 3 is 2.44 bits per heavy atom. The summed E-state index contributed by atoms with van der Waals surface area (Å²) in [6.45, 7) is 0. The minimum absolute atomic E-state index is 0.137. The van der Waals surface area contributed by atoms with Gasteiger partial charge in [-0.15, -0.1) is 0 Å². The average molecular weight is 234 g/mol. The minimum atomic E-state index is -0.333. The number of hydrogen-bond acceptors (Lipinski definition) is 2. The van der Waals surface area contributed by atoms with Crippen molar-refractivity contribution >= 4 is 17.9 Å². The van der Waals surface area contributed by atoms with E-state index >= 15 is 0 Å². The first kappa shape index (κ1) is 10.6. The predicted octanol–water partition coefficient (Wildman–Crippen LogP) is 2.30. The minimum Gasteiger partial charge on any atom is -0.298 e. The number of aldehydes is 1.